The molecule has 100 valence electrons. The summed E-state index contributed by atoms with van der Waals surface area (Å²) in [6.07, 6.45) is 3.47. The Bertz CT molecular complexity index is 673. The van der Waals surface area contributed by atoms with E-state index in [1.165, 1.54) is 17.5 Å². The molecular formula is C17H15ClN2. The van der Waals surface area contributed by atoms with Crippen molar-refractivity contribution in [1.82, 2.24) is 0 Å². The van der Waals surface area contributed by atoms with Gasteiger partial charge >= 0.3 is 0 Å². The van der Waals surface area contributed by atoms with Crippen LogP contribution in [0.25, 0.3) is 0 Å². The lowest BCUT2D eigenvalue weighted by atomic mass is 9.87. The first-order valence-corrected chi connectivity index (χ1v) is 7.20. The summed E-state index contributed by atoms with van der Waals surface area (Å²) in [5.41, 5.74) is 4.28. The summed E-state index contributed by atoms with van der Waals surface area (Å²) in [5.74, 6) is 0. The van der Waals surface area contributed by atoms with Crippen LogP contribution < -0.4 is 5.32 Å². The third-order valence-corrected chi connectivity index (χ3v) is 4.11. The predicted molar refractivity (Wildman–Crippen MR) is 81.9 cm³/mol. The van der Waals surface area contributed by atoms with Gasteiger partial charge in [-0.3, -0.25) is 0 Å². The Hall–Kier alpha value is -1.98. The Kier molecular flexibility index (Phi) is 3.62. The fourth-order valence-corrected chi connectivity index (χ4v) is 3.02. The number of nitriles is 1. The molecule has 2 aromatic carbocycles. The zero-order valence-corrected chi connectivity index (χ0v) is 11.8. The molecule has 3 heteroatoms. The summed E-state index contributed by atoms with van der Waals surface area (Å²) in [4.78, 5) is 0. The van der Waals surface area contributed by atoms with Gasteiger partial charge in [0.05, 0.1) is 16.6 Å². The number of fused-ring (bicyclic) bond motifs is 1. The molecule has 0 fully saturated rings. The molecular weight excluding hydrogens is 268 g/mol. The molecule has 20 heavy (non-hydrogen) atoms. The van der Waals surface area contributed by atoms with Gasteiger partial charge in [-0.05, 0) is 48.6 Å². The molecule has 0 saturated heterocycles. The molecule has 0 heterocycles. The smallest absolute Gasteiger partial charge is 0.101 e. The monoisotopic (exact) mass is 282 g/mol. The fourth-order valence-electron chi connectivity index (χ4n) is 2.80. The topological polar surface area (TPSA) is 35.8 Å². The van der Waals surface area contributed by atoms with Gasteiger partial charge in [-0.15, -0.1) is 0 Å². The van der Waals surface area contributed by atoms with E-state index in [2.05, 4.69) is 35.7 Å². The highest BCUT2D eigenvalue weighted by Gasteiger charge is 2.19. The van der Waals surface area contributed by atoms with E-state index in [1.54, 1.807) is 6.07 Å². The van der Waals surface area contributed by atoms with E-state index in [4.69, 9.17) is 16.9 Å². The number of rotatable bonds is 2. The molecule has 1 aliphatic carbocycles. The third-order valence-electron chi connectivity index (χ3n) is 3.80. The number of aryl methyl sites for hydroxylation is 1. The summed E-state index contributed by atoms with van der Waals surface area (Å²) in [5, 5.41) is 12.9. The summed E-state index contributed by atoms with van der Waals surface area (Å²) in [6.45, 7) is 0. The van der Waals surface area contributed by atoms with Crippen LogP contribution in [0.3, 0.4) is 0 Å². The Morgan fingerprint density at radius 1 is 1.20 bits per heavy atom. The lowest BCUT2D eigenvalue weighted by molar-refractivity contribution is 0.600. The van der Waals surface area contributed by atoms with Gasteiger partial charge in [0.15, 0.2) is 0 Å². The van der Waals surface area contributed by atoms with Gasteiger partial charge in [-0.25, -0.2) is 0 Å². The number of nitrogens with one attached hydrogen (secondary N) is 1. The van der Waals surface area contributed by atoms with Crippen LogP contribution in [0.1, 0.15) is 35.6 Å². The van der Waals surface area contributed by atoms with Crippen molar-refractivity contribution in [3.05, 3.63) is 64.2 Å². The van der Waals surface area contributed by atoms with E-state index < -0.39 is 0 Å². The van der Waals surface area contributed by atoms with E-state index in [1.807, 2.05) is 12.1 Å². The van der Waals surface area contributed by atoms with Crippen LogP contribution in [0.15, 0.2) is 42.5 Å². The average Bonchev–Trinajstić information content (AvgIpc) is 2.48. The summed E-state index contributed by atoms with van der Waals surface area (Å²) in [6, 6.07) is 16.5. The second-order valence-electron chi connectivity index (χ2n) is 5.09. The van der Waals surface area contributed by atoms with Crippen molar-refractivity contribution < 1.29 is 0 Å². The van der Waals surface area contributed by atoms with E-state index in [-0.39, 0.29) is 0 Å². The number of anilines is 1. The van der Waals surface area contributed by atoms with Gasteiger partial charge in [0.25, 0.3) is 0 Å². The highest BCUT2D eigenvalue weighted by atomic mass is 35.5. The van der Waals surface area contributed by atoms with Crippen molar-refractivity contribution in [3.63, 3.8) is 0 Å². The Labute approximate surface area is 124 Å². The van der Waals surface area contributed by atoms with E-state index in [9.17, 15) is 0 Å². The van der Waals surface area contributed by atoms with Gasteiger partial charge in [0.1, 0.15) is 6.07 Å². The predicted octanol–water partition coefficient (Wildman–Crippen LogP) is 4.70. The van der Waals surface area contributed by atoms with Crippen molar-refractivity contribution in [1.29, 1.82) is 5.26 Å². The highest BCUT2D eigenvalue weighted by Crippen LogP contribution is 2.33. The standard InChI is InChI=1S/C17H15ClN2/c18-16-10-14(9-8-13(16)11-19)20-17-7-3-5-12-4-1-2-6-15(12)17/h1-2,4,6,8-10,17,20H,3,5,7H2. The molecule has 1 unspecified atom stereocenters. The Morgan fingerprint density at radius 2 is 2.05 bits per heavy atom. The number of nitrogens with zero attached hydrogens (tertiary/aromatic N) is 1. The van der Waals surface area contributed by atoms with Crippen molar-refractivity contribution >= 4 is 17.3 Å². The number of hydrogen-bond donors (Lipinski definition) is 1. The molecule has 2 aromatic rings. The molecule has 1 N–H and O–H groups in total. The second kappa shape index (κ2) is 5.56. The van der Waals surface area contributed by atoms with E-state index in [0.29, 0.717) is 16.6 Å². The Balaban J connectivity index is 1.86. The quantitative estimate of drug-likeness (QED) is 0.866. The Morgan fingerprint density at radius 3 is 2.85 bits per heavy atom. The first-order valence-electron chi connectivity index (χ1n) is 6.82. The van der Waals surface area contributed by atoms with Crippen molar-refractivity contribution in [2.45, 2.75) is 25.3 Å². The van der Waals surface area contributed by atoms with Gasteiger partial charge in [0.2, 0.25) is 0 Å². The normalized spacial score (nSPS) is 17.1. The molecule has 1 aliphatic rings. The van der Waals surface area contributed by atoms with Crippen LogP contribution in [-0.4, -0.2) is 0 Å². The van der Waals surface area contributed by atoms with Crippen molar-refractivity contribution in [3.8, 4) is 6.07 Å². The molecule has 1 atom stereocenters. The minimum Gasteiger partial charge on any atom is -0.378 e. The second-order valence-corrected chi connectivity index (χ2v) is 5.50. The number of halogens is 1. The summed E-state index contributed by atoms with van der Waals surface area (Å²) >= 11 is 6.08. The van der Waals surface area contributed by atoms with Crippen molar-refractivity contribution in [2.75, 3.05) is 5.32 Å². The van der Waals surface area contributed by atoms with Crippen LogP contribution in [-0.2, 0) is 6.42 Å². The average molecular weight is 283 g/mol. The third kappa shape index (κ3) is 2.50. The van der Waals surface area contributed by atoms with Crippen LogP contribution in [0.5, 0.6) is 0 Å². The maximum absolute atomic E-state index is 8.91. The molecule has 0 saturated carbocycles. The lowest BCUT2D eigenvalue weighted by Gasteiger charge is -2.27. The molecule has 0 radical (unpaired) electrons. The van der Waals surface area contributed by atoms with Gasteiger partial charge < -0.3 is 5.32 Å². The van der Waals surface area contributed by atoms with Crippen molar-refractivity contribution in [2.24, 2.45) is 0 Å². The molecule has 0 aromatic heterocycles. The van der Waals surface area contributed by atoms with E-state index in [0.717, 1.165) is 18.5 Å². The SMILES string of the molecule is N#Cc1ccc(NC2CCCc3ccccc32)cc1Cl. The molecule has 0 bridgehead atoms. The fraction of sp³-hybridized carbons (Fsp3) is 0.235. The molecule has 0 amide bonds. The van der Waals surface area contributed by atoms with Crippen LogP contribution >= 0.6 is 11.6 Å². The minimum atomic E-state index is 0.323. The maximum atomic E-state index is 8.91. The molecule has 0 aliphatic heterocycles. The summed E-state index contributed by atoms with van der Waals surface area (Å²) < 4.78 is 0. The first-order chi connectivity index (χ1) is 9.78. The van der Waals surface area contributed by atoms with Crippen LogP contribution in [0, 0.1) is 11.3 Å². The zero-order chi connectivity index (χ0) is 13.9. The molecule has 3 rings (SSSR count). The van der Waals surface area contributed by atoms with Gasteiger partial charge in [0, 0.05) is 5.69 Å². The van der Waals surface area contributed by atoms with Gasteiger partial charge in [-0.1, -0.05) is 35.9 Å². The minimum absolute atomic E-state index is 0.323. The largest absolute Gasteiger partial charge is 0.378 e. The zero-order valence-electron chi connectivity index (χ0n) is 11.1. The van der Waals surface area contributed by atoms with Crippen LogP contribution in [0.4, 0.5) is 5.69 Å². The molecule has 2 nitrogen and oxygen atoms in total. The maximum Gasteiger partial charge on any atom is 0.101 e. The van der Waals surface area contributed by atoms with Crippen LogP contribution in [0.2, 0.25) is 5.02 Å². The number of benzene rings is 2. The number of hydrogen-bond acceptors (Lipinski definition) is 2. The van der Waals surface area contributed by atoms with E-state index >= 15 is 0 Å². The lowest BCUT2D eigenvalue weighted by Crippen LogP contribution is -2.17. The first kappa shape index (κ1) is 13.0. The highest BCUT2D eigenvalue weighted by molar-refractivity contribution is 6.32. The molecule has 0 spiro atoms. The summed E-state index contributed by atoms with van der Waals surface area (Å²) in [7, 11) is 0. The van der Waals surface area contributed by atoms with Gasteiger partial charge in [-0.2, -0.15) is 5.26 Å².